The van der Waals surface area contributed by atoms with Crippen molar-refractivity contribution in [2.24, 2.45) is 7.05 Å². The van der Waals surface area contributed by atoms with E-state index < -0.39 is 0 Å². The Labute approximate surface area is 97.2 Å². The summed E-state index contributed by atoms with van der Waals surface area (Å²) in [5.74, 6) is 0.0485. The van der Waals surface area contributed by atoms with Crippen molar-refractivity contribution in [1.82, 2.24) is 14.7 Å². The highest BCUT2D eigenvalue weighted by atomic mass is 16.2. The molecule has 0 fully saturated rings. The largest absolute Gasteiger partial charge is 0.337 e. The number of aryl methyl sites for hydroxylation is 2. The van der Waals surface area contributed by atoms with Gasteiger partial charge in [0.1, 0.15) is 0 Å². The van der Waals surface area contributed by atoms with E-state index in [-0.39, 0.29) is 5.91 Å². The molecule has 1 aromatic heterocycles. The number of rotatable bonds is 5. The van der Waals surface area contributed by atoms with Crippen LogP contribution in [0.3, 0.4) is 0 Å². The van der Waals surface area contributed by atoms with Crippen LogP contribution in [0.4, 0.5) is 0 Å². The van der Waals surface area contributed by atoms with Crippen molar-refractivity contribution in [2.75, 3.05) is 13.1 Å². The summed E-state index contributed by atoms with van der Waals surface area (Å²) in [5, 5.41) is 4.22. The maximum absolute atomic E-state index is 12.1. The van der Waals surface area contributed by atoms with E-state index >= 15 is 0 Å². The highest BCUT2D eigenvalue weighted by Gasteiger charge is 2.17. The van der Waals surface area contributed by atoms with Crippen molar-refractivity contribution >= 4 is 5.91 Å². The Morgan fingerprint density at radius 2 is 1.94 bits per heavy atom. The first-order valence-electron chi connectivity index (χ1n) is 5.90. The molecule has 0 bridgehead atoms. The summed E-state index contributed by atoms with van der Waals surface area (Å²) in [7, 11) is 1.86. The van der Waals surface area contributed by atoms with Crippen LogP contribution in [0.2, 0.25) is 0 Å². The van der Waals surface area contributed by atoms with Crippen molar-refractivity contribution < 1.29 is 4.79 Å². The predicted octanol–water partition coefficient (Wildman–Crippen LogP) is 1.99. The summed E-state index contributed by atoms with van der Waals surface area (Å²) in [6.07, 6.45) is 1.97. The van der Waals surface area contributed by atoms with Gasteiger partial charge in [-0.05, 0) is 25.8 Å². The number of nitrogens with zero attached hydrogens (tertiary/aromatic N) is 3. The number of hydrogen-bond acceptors (Lipinski definition) is 2. The van der Waals surface area contributed by atoms with Crippen LogP contribution >= 0.6 is 0 Å². The van der Waals surface area contributed by atoms with E-state index in [0.29, 0.717) is 5.69 Å². The summed E-state index contributed by atoms with van der Waals surface area (Å²) in [4.78, 5) is 14.0. The third-order valence-corrected chi connectivity index (χ3v) is 2.61. The Bertz CT molecular complexity index is 332. The molecule has 0 unspecified atom stereocenters. The molecule has 1 aromatic rings. The van der Waals surface area contributed by atoms with Gasteiger partial charge in [-0.2, -0.15) is 5.10 Å². The fourth-order valence-corrected chi connectivity index (χ4v) is 1.68. The first kappa shape index (κ1) is 12.7. The summed E-state index contributed by atoms with van der Waals surface area (Å²) < 4.78 is 1.74. The van der Waals surface area contributed by atoms with Gasteiger partial charge >= 0.3 is 0 Å². The molecule has 4 heteroatoms. The lowest BCUT2D eigenvalue weighted by Crippen LogP contribution is -2.32. The first-order chi connectivity index (χ1) is 7.60. The third kappa shape index (κ3) is 2.84. The smallest absolute Gasteiger partial charge is 0.274 e. The summed E-state index contributed by atoms with van der Waals surface area (Å²) in [6, 6.07) is 1.85. The van der Waals surface area contributed by atoms with Gasteiger partial charge in [0.25, 0.3) is 5.91 Å². The zero-order valence-corrected chi connectivity index (χ0v) is 10.7. The molecule has 1 rings (SSSR count). The second kappa shape index (κ2) is 5.68. The number of carbonyl (C=O) groups is 1. The molecule has 16 heavy (non-hydrogen) atoms. The molecule has 0 aliphatic heterocycles. The molecular weight excluding hydrogens is 202 g/mol. The van der Waals surface area contributed by atoms with Crippen molar-refractivity contribution in [2.45, 2.75) is 33.6 Å². The van der Waals surface area contributed by atoms with Gasteiger partial charge in [0.15, 0.2) is 5.69 Å². The lowest BCUT2D eigenvalue weighted by Gasteiger charge is -2.20. The Morgan fingerprint density at radius 3 is 2.31 bits per heavy atom. The fraction of sp³-hybridized carbons (Fsp3) is 0.667. The molecule has 0 saturated carbocycles. The van der Waals surface area contributed by atoms with E-state index in [2.05, 4.69) is 18.9 Å². The van der Waals surface area contributed by atoms with E-state index in [1.165, 1.54) is 0 Å². The van der Waals surface area contributed by atoms with Crippen molar-refractivity contribution in [1.29, 1.82) is 0 Å². The van der Waals surface area contributed by atoms with Crippen LogP contribution in [0.25, 0.3) is 0 Å². The van der Waals surface area contributed by atoms with Gasteiger partial charge < -0.3 is 4.90 Å². The molecule has 0 saturated heterocycles. The predicted molar refractivity (Wildman–Crippen MR) is 64.4 cm³/mol. The molecule has 0 spiro atoms. The molecule has 1 heterocycles. The van der Waals surface area contributed by atoms with Crippen LogP contribution in [0.1, 0.15) is 42.9 Å². The van der Waals surface area contributed by atoms with Crippen LogP contribution in [0.5, 0.6) is 0 Å². The molecule has 0 aliphatic carbocycles. The minimum atomic E-state index is 0.0485. The molecule has 0 atom stereocenters. The van der Waals surface area contributed by atoms with E-state index in [9.17, 15) is 4.79 Å². The zero-order valence-electron chi connectivity index (χ0n) is 10.7. The SMILES string of the molecule is CCCN(CCC)C(=O)c1cc(C)n(C)n1. The fourth-order valence-electron chi connectivity index (χ4n) is 1.68. The monoisotopic (exact) mass is 223 g/mol. The van der Waals surface area contributed by atoms with Gasteiger partial charge in [0.05, 0.1) is 0 Å². The van der Waals surface area contributed by atoms with Gasteiger partial charge in [0, 0.05) is 25.8 Å². The molecule has 0 N–H and O–H groups in total. The first-order valence-corrected chi connectivity index (χ1v) is 5.90. The molecule has 1 amide bonds. The van der Waals surface area contributed by atoms with Gasteiger partial charge in [-0.3, -0.25) is 9.48 Å². The number of amides is 1. The Morgan fingerprint density at radius 1 is 1.38 bits per heavy atom. The van der Waals surface area contributed by atoms with E-state index in [1.54, 1.807) is 4.68 Å². The molecular formula is C12H21N3O. The van der Waals surface area contributed by atoms with Gasteiger partial charge in [-0.15, -0.1) is 0 Å². The van der Waals surface area contributed by atoms with Crippen molar-refractivity contribution in [3.05, 3.63) is 17.5 Å². The second-order valence-electron chi connectivity index (χ2n) is 4.09. The highest BCUT2D eigenvalue weighted by Crippen LogP contribution is 2.07. The number of aromatic nitrogens is 2. The van der Waals surface area contributed by atoms with Crippen LogP contribution < -0.4 is 0 Å². The maximum Gasteiger partial charge on any atom is 0.274 e. The quantitative estimate of drug-likeness (QED) is 0.765. The minimum absolute atomic E-state index is 0.0485. The molecule has 0 radical (unpaired) electrons. The summed E-state index contributed by atoms with van der Waals surface area (Å²) >= 11 is 0. The molecule has 0 aliphatic rings. The summed E-state index contributed by atoms with van der Waals surface area (Å²) in [5.41, 5.74) is 1.57. The Balaban J connectivity index is 2.81. The maximum atomic E-state index is 12.1. The lowest BCUT2D eigenvalue weighted by molar-refractivity contribution is 0.0749. The topological polar surface area (TPSA) is 38.1 Å². The van der Waals surface area contributed by atoms with E-state index in [1.807, 2.05) is 24.9 Å². The van der Waals surface area contributed by atoms with E-state index in [0.717, 1.165) is 31.6 Å². The zero-order chi connectivity index (χ0) is 12.1. The lowest BCUT2D eigenvalue weighted by atomic mass is 10.3. The van der Waals surface area contributed by atoms with Crippen molar-refractivity contribution in [3.8, 4) is 0 Å². The molecule has 4 nitrogen and oxygen atoms in total. The second-order valence-corrected chi connectivity index (χ2v) is 4.09. The summed E-state index contributed by atoms with van der Waals surface area (Å²) in [6.45, 7) is 7.73. The number of carbonyl (C=O) groups excluding carboxylic acids is 1. The minimum Gasteiger partial charge on any atom is -0.337 e. The van der Waals surface area contributed by atoms with Gasteiger partial charge in [-0.1, -0.05) is 13.8 Å². The normalized spacial score (nSPS) is 10.5. The van der Waals surface area contributed by atoms with Crippen LogP contribution in [0.15, 0.2) is 6.07 Å². The van der Waals surface area contributed by atoms with Crippen LogP contribution in [-0.4, -0.2) is 33.7 Å². The Hall–Kier alpha value is -1.32. The average Bonchev–Trinajstić information content (AvgIpc) is 2.58. The van der Waals surface area contributed by atoms with Gasteiger partial charge in [-0.25, -0.2) is 0 Å². The number of hydrogen-bond donors (Lipinski definition) is 0. The van der Waals surface area contributed by atoms with Crippen molar-refractivity contribution in [3.63, 3.8) is 0 Å². The molecule has 90 valence electrons. The average molecular weight is 223 g/mol. The van der Waals surface area contributed by atoms with Gasteiger partial charge in [0.2, 0.25) is 0 Å². The van der Waals surface area contributed by atoms with Crippen LogP contribution in [-0.2, 0) is 7.05 Å². The van der Waals surface area contributed by atoms with Crippen LogP contribution in [0, 0.1) is 6.92 Å². The third-order valence-electron chi connectivity index (χ3n) is 2.61. The highest BCUT2D eigenvalue weighted by molar-refractivity contribution is 5.92. The molecule has 0 aromatic carbocycles. The van der Waals surface area contributed by atoms with E-state index in [4.69, 9.17) is 0 Å². The standard InChI is InChI=1S/C12H21N3O/c1-5-7-15(8-6-2)12(16)11-9-10(3)14(4)13-11/h9H,5-8H2,1-4H3. The Kier molecular flexibility index (Phi) is 4.52.